The molecule has 0 unspecified atom stereocenters. The monoisotopic (exact) mass is 255 g/mol. The maximum atomic E-state index is 11.0. The third kappa shape index (κ3) is 2.42. The van der Waals surface area contributed by atoms with Crippen LogP contribution in [0.5, 0.6) is 0 Å². The van der Waals surface area contributed by atoms with Crippen LogP contribution in [-0.4, -0.2) is 11.8 Å². The quantitative estimate of drug-likeness (QED) is 0.661. The summed E-state index contributed by atoms with van der Waals surface area (Å²) in [5.41, 5.74) is 0.835. The molecule has 1 aromatic rings. The predicted molar refractivity (Wildman–Crippen MR) is 67.8 cm³/mol. The summed E-state index contributed by atoms with van der Waals surface area (Å²) in [5, 5.41) is 0.746. The number of aryl methyl sites for hydroxylation is 1. The van der Waals surface area contributed by atoms with Crippen LogP contribution < -0.4 is 4.72 Å². The zero-order valence-corrected chi connectivity index (χ0v) is 10.7. The minimum atomic E-state index is -0.295. The van der Waals surface area contributed by atoms with Gasteiger partial charge >= 0.3 is 0 Å². The van der Waals surface area contributed by atoms with Crippen molar-refractivity contribution in [2.75, 3.05) is 0 Å². The van der Waals surface area contributed by atoms with Gasteiger partial charge in [0.05, 0.1) is 5.54 Å². The second-order valence-corrected chi connectivity index (χ2v) is 5.53. The van der Waals surface area contributed by atoms with Crippen molar-refractivity contribution in [3.63, 3.8) is 0 Å². The van der Waals surface area contributed by atoms with Crippen molar-refractivity contribution in [3.05, 3.63) is 28.8 Å². The fourth-order valence-electron chi connectivity index (χ4n) is 1.69. The zero-order valence-electron chi connectivity index (χ0n) is 9.13. The summed E-state index contributed by atoms with van der Waals surface area (Å²) in [4.78, 5) is 12.1. The second kappa shape index (κ2) is 4.78. The number of halogens is 1. The smallest absolute Gasteiger partial charge is 0.140 e. The lowest BCUT2D eigenvalue weighted by Gasteiger charge is -2.36. The normalized spacial score (nSPS) is 17.9. The van der Waals surface area contributed by atoms with Gasteiger partial charge in [0.15, 0.2) is 0 Å². The van der Waals surface area contributed by atoms with E-state index >= 15 is 0 Å². The molecule has 4 heteroatoms. The lowest BCUT2D eigenvalue weighted by molar-refractivity contribution is -0.115. The van der Waals surface area contributed by atoms with Gasteiger partial charge in [0.1, 0.15) is 6.29 Å². The van der Waals surface area contributed by atoms with Crippen LogP contribution in [0.25, 0.3) is 0 Å². The molecule has 2 nitrogen and oxygen atoms in total. The highest BCUT2D eigenvalue weighted by atomic mass is 35.5. The molecule has 0 spiro atoms. The first-order chi connectivity index (χ1) is 7.65. The molecule has 1 fully saturated rings. The molecule has 1 aliphatic carbocycles. The molecule has 1 saturated carbocycles. The first kappa shape index (κ1) is 12.0. The summed E-state index contributed by atoms with van der Waals surface area (Å²) in [5.74, 6) is 0. The molecule has 0 heterocycles. The van der Waals surface area contributed by atoms with Crippen molar-refractivity contribution in [2.24, 2.45) is 0 Å². The average molecular weight is 256 g/mol. The average Bonchev–Trinajstić information content (AvgIpc) is 2.19. The van der Waals surface area contributed by atoms with E-state index in [-0.39, 0.29) is 5.54 Å². The summed E-state index contributed by atoms with van der Waals surface area (Å²) in [6.45, 7) is 2.02. The molecule has 1 aliphatic rings. The summed E-state index contributed by atoms with van der Waals surface area (Å²) >= 11 is 7.41. The molecule has 0 saturated heterocycles. The third-order valence-electron chi connectivity index (χ3n) is 2.97. The van der Waals surface area contributed by atoms with Crippen molar-refractivity contribution in [1.29, 1.82) is 0 Å². The van der Waals surface area contributed by atoms with Gasteiger partial charge in [-0.15, -0.1) is 0 Å². The number of aldehydes is 1. The predicted octanol–water partition coefficient (Wildman–Crippen LogP) is 3.37. The standard InChI is InChI=1S/C12H14ClNOS/c1-9-7-10(13)3-4-11(9)16-14-12(8-15)5-2-6-12/h3-4,7-8,14H,2,5-6H2,1H3. The van der Waals surface area contributed by atoms with E-state index in [9.17, 15) is 4.79 Å². The fraction of sp³-hybridized carbons (Fsp3) is 0.417. The molecule has 86 valence electrons. The van der Waals surface area contributed by atoms with Gasteiger partial charge in [0, 0.05) is 9.92 Å². The van der Waals surface area contributed by atoms with E-state index in [4.69, 9.17) is 11.6 Å². The van der Waals surface area contributed by atoms with Crippen molar-refractivity contribution < 1.29 is 4.79 Å². The Morgan fingerprint density at radius 2 is 2.25 bits per heavy atom. The van der Waals surface area contributed by atoms with Gasteiger partial charge in [-0.25, -0.2) is 4.72 Å². The molecule has 0 aliphatic heterocycles. The van der Waals surface area contributed by atoms with Crippen molar-refractivity contribution >= 4 is 29.8 Å². The Morgan fingerprint density at radius 1 is 1.50 bits per heavy atom. The van der Waals surface area contributed by atoms with Crippen molar-refractivity contribution in [1.82, 2.24) is 4.72 Å². The molecule has 2 rings (SSSR count). The minimum Gasteiger partial charge on any atom is -0.301 e. The van der Waals surface area contributed by atoms with Gasteiger partial charge in [0.2, 0.25) is 0 Å². The van der Waals surface area contributed by atoms with Crippen molar-refractivity contribution in [3.8, 4) is 0 Å². The molecular formula is C12H14ClNOS. The van der Waals surface area contributed by atoms with Crippen LogP contribution in [-0.2, 0) is 4.79 Å². The lowest BCUT2D eigenvalue weighted by atomic mass is 9.79. The topological polar surface area (TPSA) is 29.1 Å². The second-order valence-electron chi connectivity index (χ2n) is 4.24. The van der Waals surface area contributed by atoms with Crippen LogP contribution in [0.2, 0.25) is 5.02 Å². The van der Waals surface area contributed by atoms with E-state index in [1.54, 1.807) is 0 Å². The van der Waals surface area contributed by atoms with Crippen LogP contribution in [0.15, 0.2) is 23.1 Å². The largest absolute Gasteiger partial charge is 0.301 e. The molecule has 1 aromatic carbocycles. The van der Waals surface area contributed by atoms with Gasteiger partial charge in [-0.1, -0.05) is 11.6 Å². The third-order valence-corrected chi connectivity index (χ3v) is 4.39. The Kier molecular flexibility index (Phi) is 3.57. The zero-order chi connectivity index (χ0) is 11.6. The molecule has 0 radical (unpaired) electrons. The Balaban J connectivity index is 2.01. The number of carbonyl (C=O) groups is 1. The van der Waals surface area contributed by atoms with Crippen LogP contribution >= 0.6 is 23.5 Å². The molecule has 0 aromatic heterocycles. The first-order valence-corrected chi connectivity index (χ1v) is 6.51. The maximum absolute atomic E-state index is 11.0. The summed E-state index contributed by atoms with van der Waals surface area (Å²) in [7, 11) is 0. The number of rotatable bonds is 4. The first-order valence-electron chi connectivity index (χ1n) is 5.32. The highest BCUT2D eigenvalue weighted by Gasteiger charge is 2.36. The highest BCUT2D eigenvalue weighted by molar-refractivity contribution is 7.97. The Labute approximate surface area is 105 Å². The lowest BCUT2D eigenvalue weighted by Crippen LogP contribution is -2.49. The minimum absolute atomic E-state index is 0.295. The number of hydrogen-bond acceptors (Lipinski definition) is 3. The summed E-state index contributed by atoms with van der Waals surface area (Å²) < 4.78 is 3.26. The fourth-order valence-corrected chi connectivity index (χ4v) is 2.83. The number of hydrogen-bond donors (Lipinski definition) is 1. The van der Waals surface area contributed by atoms with E-state index in [1.807, 2.05) is 25.1 Å². The molecular weight excluding hydrogens is 242 g/mol. The van der Waals surface area contributed by atoms with Crippen LogP contribution in [0.4, 0.5) is 0 Å². The molecule has 0 atom stereocenters. The van der Waals surface area contributed by atoms with E-state index in [1.165, 1.54) is 11.9 Å². The molecule has 0 amide bonds. The SMILES string of the molecule is Cc1cc(Cl)ccc1SNC1(C=O)CCC1. The van der Waals surface area contributed by atoms with Gasteiger partial charge in [-0.05, 0) is 61.9 Å². The molecule has 0 bridgehead atoms. The highest BCUT2D eigenvalue weighted by Crippen LogP contribution is 2.34. The van der Waals surface area contributed by atoms with Crippen LogP contribution in [0.1, 0.15) is 24.8 Å². The Bertz CT molecular complexity index is 404. The van der Waals surface area contributed by atoms with E-state index in [0.29, 0.717) is 0 Å². The Hall–Kier alpha value is -0.510. The van der Waals surface area contributed by atoms with Gasteiger partial charge in [-0.2, -0.15) is 0 Å². The number of nitrogens with one attached hydrogen (secondary N) is 1. The van der Waals surface area contributed by atoms with Gasteiger partial charge in [-0.3, -0.25) is 0 Å². The van der Waals surface area contributed by atoms with Crippen LogP contribution in [0, 0.1) is 6.92 Å². The maximum Gasteiger partial charge on any atom is 0.140 e. The number of carbonyl (C=O) groups excluding carboxylic acids is 1. The molecule has 16 heavy (non-hydrogen) atoms. The van der Waals surface area contributed by atoms with E-state index in [2.05, 4.69) is 4.72 Å². The van der Waals surface area contributed by atoms with Crippen LogP contribution in [0.3, 0.4) is 0 Å². The van der Waals surface area contributed by atoms with Gasteiger partial charge in [0.25, 0.3) is 0 Å². The summed E-state index contributed by atoms with van der Waals surface area (Å²) in [6.07, 6.45) is 4.05. The Morgan fingerprint density at radius 3 is 2.75 bits per heavy atom. The number of benzene rings is 1. The van der Waals surface area contributed by atoms with E-state index < -0.39 is 0 Å². The van der Waals surface area contributed by atoms with Crippen molar-refractivity contribution in [2.45, 2.75) is 36.6 Å². The summed E-state index contributed by atoms with van der Waals surface area (Å²) in [6, 6.07) is 5.78. The van der Waals surface area contributed by atoms with Gasteiger partial charge < -0.3 is 4.79 Å². The van der Waals surface area contributed by atoms with E-state index in [0.717, 1.165) is 41.0 Å². The molecule has 1 N–H and O–H groups in total.